The molecule has 90 valence electrons. The van der Waals surface area contributed by atoms with Crippen molar-refractivity contribution in [3.8, 4) is 0 Å². The Bertz CT molecular complexity index is 332. The Morgan fingerprint density at radius 2 is 1.88 bits per heavy atom. The number of hydrogen-bond acceptors (Lipinski definition) is 4. The smallest absolute Gasteiger partial charge is 0.511 e. The van der Waals surface area contributed by atoms with E-state index in [1.807, 2.05) is 0 Å². The van der Waals surface area contributed by atoms with Crippen LogP contribution in [-0.4, -0.2) is 30.0 Å². The molecule has 0 spiro atoms. The predicted octanol–water partition coefficient (Wildman–Crippen LogP) is -2.21. The van der Waals surface area contributed by atoms with Crippen LogP contribution in [0, 0.1) is 0 Å². The molecule has 0 atom stereocenters. The van der Waals surface area contributed by atoms with E-state index in [0.717, 1.165) is 0 Å². The molecule has 1 heterocycles. The topological polar surface area (TPSA) is 61.4 Å². The number of ether oxygens (including phenoxy) is 2. The second kappa shape index (κ2) is 6.84. The Morgan fingerprint density at radius 1 is 1.25 bits per heavy atom. The average molecular weight is 249 g/mol. The van der Waals surface area contributed by atoms with Gasteiger partial charge in [0.25, 0.3) is 6.33 Å². The molecule has 1 rings (SSSR count). The Morgan fingerprint density at radius 3 is 2.44 bits per heavy atom. The first kappa shape index (κ1) is 14.4. The van der Waals surface area contributed by atoms with Crippen molar-refractivity contribution in [3.05, 3.63) is 18.7 Å². The summed E-state index contributed by atoms with van der Waals surface area (Å²) in [5, 5.41) is 0. The van der Waals surface area contributed by atoms with Crippen molar-refractivity contribution < 1.29 is 36.0 Å². The number of nitrogens with zero attached hydrogens (tertiary/aromatic N) is 2. The van der Waals surface area contributed by atoms with Crippen LogP contribution < -0.4 is 17.0 Å². The fourth-order valence-electron chi connectivity index (χ4n) is 0.967. The van der Waals surface area contributed by atoms with Gasteiger partial charge in [0.2, 0.25) is 0 Å². The summed E-state index contributed by atoms with van der Waals surface area (Å²) in [6.07, 6.45) is 3.10. The van der Waals surface area contributed by atoms with Crippen LogP contribution in [0.25, 0.3) is 0 Å². The van der Waals surface area contributed by atoms with Crippen molar-refractivity contribution in [2.45, 2.75) is 13.8 Å². The van der Waals surface area contributed by atoms with E-state index in [4.69, 9.17) is 9.47 Å². The second-order valence-electron chi connectivity index (χ2n) is 2.63. The van der Waals surface area contributed by atoms with Gasteiger partial charge in [-0.05, 0) is 13.8 Å². The lowest BCUT2D eigenvalue weighted by atomic mass is 10.8. The fourth-order valence-corrected chi connectivity index (χ4v) is 0.967. The number of imidazole rings is 1. The highest BCUT2D eigenvalue weighted by atomic mass is 35.5. The van der Waals surface area contributed by atoms with Crippen molar-refractivity contribution >= 4 is 12.2 Å². The lowest BCUT2D eigenvalue weighted by molar-refractivity contribution is -0.585. The van der Waals surface area contributed by atoms with Gasteiger partial charge in [-0.1, -0.05) is 0 Å². The average Bonchev–Trinajstić information content (AvgIpc) is 2.67. The Kier molecular flexibility index (Phi) is 6.17. The highest BCUT2D eigenvalue weighted by Gasteiger charge is 2.18. The predicted molar refractivity (Wildman–Crippen MR) is 49.5 cm³/mol. The highest BCUT2D eigenvalue weighted by Crippen LogP contribution is 1.89. The van der Waals surface area contributed by atoms with Gasteiger partial charge in [-0.3, -0.25) is 0 Å². The van der Waals surface area contributed by atoms with E-state index in [2.05, 4.69) is 0 Å². The van der Waals surface area contributed by atoms with Crippen molar-refractivity contribution in [2.75, 3.05) is 13.2 Å². The lowest BCUT2D eigenvalue weighted by Crippen LogP contribution is -3.00. The molecule has 0 aromatic carbocycles. The van der Waals surface area contributed by atoms with Crippen molar-refractivity contribution in [1.29, 1.82) is 0 Å². The maximum absolute atomic E-state index is 11.2. The third-order valence-corrected chi connectivity index (χ3v) is 1.59. The van der Waals surface area contributed by atoms with Gasteiger partial charge < -0.3 is 21.9 Å². The quantitative estimate of drug-likeness (QED) is 0.557. The number of halogens is 1. The van der Waals surface area contributed by atoms with Crippen LogP contribution in [0.1, 0.15) is 13.8 Å². The van der Waals surface area contributed by atoms with Gasteiger partial charge in [-0.15, -0.1) is 9.13 Å². The number of hydrogen-bond donors (Lipinski definition) is 0. The third kappa shape index (κ3) is 3.54. The van der Waals surface area contributed by atoms with Gasteiger partial charge in [0.05, 0.1) is 13.2 Å². The molecule has 0 N–H and O–H groups in total. The SMILES string of the molecule is CCOC(=O)n1cc[n+](C(=O)OCC)c1.[Cl-]. The summed E-state index contributed by atoms with van der Waals surface area (Å²) in [5.41, 5.74) is 0. The van der Waals surface area contributed by atoms with Crippen LogP contribution in [-0.2, 0) is 9.47 Å². The molecule has 0 unspecified atom stereocenters. The summed E-state index contributed by atoms with van der Waals surface area (Å²) in [4.78, 5) is 22.4. The fraction of sp³-hybridized carbons (Fsp3) is 0.444. The minimum absolute atomic E-state index is 0. The van der Waals surface area contributed by atoms with Crippen LogP contribution in [0.2, 0.25) is 0 Å². The number of rotatable bonds is 2. The molecule has 16 heavy (non-hydrogen) atoms. The van der Waals surface area contributed by atoms with Crippen molar-refractivity contribution in [1.82, 2.24) is 4.57 Å². The van der Waals surface area contributed by atoms with Crippen molar-refractivity contribution in [3.63, 3.8) is 0 Å². The van der Waals surface area contributed by atoms with E-state index in [1.54, 1.807) is 13.8 Å². The molecule has 0 bridgehead atoms. The minimum atomic E-state index is -0.527. The van der Waals surface area contributed by atoms with E-state index < -0.39 is 12.2 Å². The third-order valence-electron chi connectivity index (χ3n) is 1.59. The van der Waals surface area contributed by atoms with Gasteiger partial charge >= 0.3 is 12.2 Å². The molecule has 0 aliphatic carbocycles. The van der Waals surface area contributed by atoms with E-state index in [-0.39, 0.29) is 25.6 Å². The maximum atomic E-state index is 11.2. The van der Waals surface area contributed by atoms with Gasteiger partial charge in [-0.2, -0.15) is 9.59 Å². The molecule has 0 saturated heterocycles. The molecule has 0 aliphatic heterocycles. The van der Waals surface area contributed by atoms with Gasteiger partial charge in [0.15, 0.2) is 0 Å². The molecule has 0 saturated carbocycles. The summed E-state index contributed by atoms with van der Waals surface area (Å²) in [5.74, 6) is 0. The lowest BCUT2D eigenvalue weighted by Gasteiger charge is -1.95. The number of carbonyl (C=O) groups excluding carboxylic acids is 2. The molecule has 7 heteroatoms. The summed E-state index contributed by atoms with van der Waals surface area (Å²) in [7, 11) is 0. The zero-order valence-corrected chi connectivity index (χ0v) is 9.81. The van der Waals surface area contributed by atoms with Crippen LogP contribution in [0.3, 0.4) is 0 Å². The first-order valence-electron chi connectivity index (χ1n) is 4.62. The Balaban J connectivity index is 0.00000225. The second-order valence-corrected chi connectivity index (χ2v) is 2.63. The van der Waals surface area contributed by atoms with Crippen molar-refractivity contribution in [2.24, 2.45) is 0 Å². The first-order valence-corrected chi connectivity index (χ1v) is 4.62. The highest BCUT2D eigenvalue weighted by molar-refractivity contribution is 5.70. The monoisotopic (exact) mass is 248 g/mol. The van der Waals surface area contributed by atoms with Crippen LogP contribution in [0.5, 0.6) is 0 Å². The molecule has 0 amide bonds. The molecular weight excluding hydrogens is 236 g/mol. The van der Waals surface area contributed by atoms with Crippen LogP contribution in [0.15, 0.2) is 18.7 Å². The first-order chi connectivity index (χ1) is 7.19. The van der Waals surface area contributed by atoms with E-state index in [9.17, 15) is 9.59 Å². The largest absolute Gasteiger partial charge is 1.00 e. The number of carbonyl (C=O) groups is 2. The van der Waals surface area contributed by atoms with Crippen LogP contribution in [0.4, 0.5) is 9.59 Å². The Labute approximate surface area is 99.2 Å². The van der Waals surface area contributed by atoms with Gasteiger partial charge in [-0.25, -0.2) is 0 Å². The molecule has 0 aliphatic rings. The summed E-state index contributed by atoms with van der Waals surface area (Å²) >= 11 is 0. The molecule has 0 radical (unpaired) electrons. The van der Waals surface area contributed by atoms with E-state index in [0.29, 0.717) is 0 Å². The van der Waals surface area contributed by atoms with E-state index >= 15 is 0 Å². The summed E-state index contributed by atoms with van der Waals surface area (Å²) in [6.45, 7) is 3.99. The van der Waals surface area contributed by atoms with Gasteiger partial charge in [0, 0.05) is 0 Å². The van der Waals surface area contributed by atoms with Gasteiger partial charge in [0.1, 0.15) is 12.4 Å². The zero-order chi connectivity index (χ0) is 11.3. The molecule has 0 fully saturated rings. The molecule has 1 aromatic heterocycles. The minimum Gasteiger partial charge on any atom is -1.00 e. The zero-order valence-electron chi connectivity index (χ0n) is 9.05. The molecule has 1 aromatic rings. The standard InChI is InChI=1S/C9H13N2O4.ClH/c1-3-14-8(12)10-5-6-11(7-10)9(13)15-4-2;/h5-7H,3-4H2,1-2H3;1H/q+1;/p-1. The molecular formula is C9H13ClN2O4. The summed E-state index contributed by atoms with van der Waals surface area (Å²) < 4.78 is 11.8. The van der Waals surface area contributed by atoms with Crippen LogP contribution >= 0.6 is 0 Å². The van der Waals surface area contributed by atoms with E-state index in [1.165, 1.54) is 27.9 Å². The normalized spacial score (nSPS) is 9.12. The number of aromatic nitrogens is 2. The Hall–Kier alpha value is -1.56. The molecule has 6 nitrogen and oxygen atoms in total. The maximum Gasteiger partial charge on any atom is 0.511 e. The summed E-state index contributed by atoms with van der Waals surface area (Å²) in [6, 6.07) is 0.